The molecule has 1 aliphatic rings. The van der Waals surface area contributed by atoms with E-state index in [1.165, 1.54) is 5.56 Å². The number of rotatable bonds is 5. The third kappa shape index (κ3) is 3.74. The summed E-state index contributed by atoms with van der Waals surface area (Å²) in [6.07, 6.45) is 6.36. The van der Waals surface area contributed by atoms with Gasteiger partial charge >= 0.3 is 0 Å². The summed E-state index contributed by atoms with van der Waals surface area (Å²) in [5.41, 5.74) is 1.29. The molecule has 1 aliphatic heterocycles. The summed E-state index contributed by atoms with van der Waals surface area (Å²) < 4.78 is 5.35. The highest BCUT2D eigenvalue weighted by atomic mass is 16.5. The van der Waals surface area contributed by atoms with E-state index in [0.29, 0.717) is 18.8 Å². The van der Waals surface area contributed by atoms with Gasteiger partial charge in [-0.25, -0.2) is 0 Å². The lowest BCUT2D eigenvalue weighted by molar-refractivity contribution is -0.119. The van der Waals surface area contributed by atoms with Crippen molar-refractivity contribution < 1.29 is 9.53 Å². The Morgan fingerprint density at radius 2 is 2.06 bits per heavy atom. The number of aryl methyl sites for hydroxylation is 1. The predicted octanol–water partition coefficient (Wildman–Crippen LogP) is 3.27. The minimum atomic E-state index is 0.153. The van der Waals surface area contributed by atoms with E-state index in [-0.39, 0.29) is 5.78 Å². The molecular weight excluding hydrogens is 212 g/mol. The predicted molar refractivity (Wildman–Crippen MR) is 67.7 cm³/mol. The van der Waals surface area contributed by atoms with Gasteiger partial charge in [0.2, 0.25) is 0 Å². The molecule has 2 rings (SSSR count). The van der Waals surface area contributed by atoms with Crippen molar-refractivity contribution in [1.29, 1.82) is 0 Å². The molecule has 0 saturated heterocycles. The van der Waals surface area contributed by atoms with Crippen LogP contribution in [0.25, 0.3) is 0 Å². The van der Waals surface area contributed by atoms with E-state index in [2.05, 4.69) is 12.1 Å². The first-order chi connectivity index (χ1) is 8.36. The van der Waals surface area contributed by atoms with Gasteiger partial charge in [-0.1, -0.05) is 30.3 Å². The van der Waals surface area contributed by atoms with Gasteiger partial charge in [-0.05, 0) is 37.3 Å². The fourth-order valence-corrected chi connectivity index (χ4v) is 1.97. The lowest BCUT2D eigenvalue weighted by Crippen LogP contribution is -2.11. The molecule has 0 unspecified atom stereocenters. The number of ketones is 1. The van der Waals surface area contributed by atoms with E-state index in [1.54, 1.807) is 0 Å². The monoisotopic (exact) mass is 230 g/mol. The standard InChI is InChI=1S/C15H18O2/c16-14(15-11-4-5-12-17-15)10-6-9-13-7-2-1-3-8-13/h1-3,7-8,11H,4-6,9-10,12H2. The summed E-state index contributed by atoms with van der Waals surface area (Å²) in [4.78, 5) is 11.8. The van der Waals surface area contributed by atoms with Gasteiger partial charge in [0.1, 0.15) is 0 Å². The molecule has 0 aromatic heterocycles. The Labute approximate surface area is 102 Å². The zero-order chi connectivity index (χ0) is 11.9. The first-order valence-electron chi connectivity index (χ1n) is 6.26. The summed E-state index contributed by atoms with van der Waals surface area (Å²) >= 11 is 0. The fraction of sp³-hybridized carbons (Fsp3) is 0.400. The summed E-state index contributed by atoms with van der Waals surface area (Å²) in [6.45, 7) is 0.691. The van der Waals surface area contributed by atoms with Gasteiger partial charge in [-0.3, -0.25) is 4.79 Å². The third-order valence-corrected chi connectivity index (χ3v) is 2.92. The topological polar surface area (TPSA) is 26.3 Å². The van der Waals surface area contributed by atoms with Crippen molar-refractivity contribution in [3.8, 4) is 0 Å². The molecule has 0 aliphatic carbocycles. The molecular formula is C15H18O2. The summed E-state index contributed by atoms with van der Waals surface area (Å²) in [5, 5.41) is 0. The maximum atomic E-state index is 11.8. The molecule has 0 atom stereocenters. The maximum Gasteiger partial charge on any atom is 0.197 e. The molecule has 1 aromatic carbocycles. The van der Waals surface area contributed by atoms with Crippen molar-refractivity contribution in [3.63, 3.8) is 0 Å². The molecule has 17 heavy (non-hydrogen) atoms. The van der Waals surface area contributed by atoms with Gasteiger partial charge in [-0.2, -0.15) is 0 Å². The van der Waals surface area contributed by atoms with Crippen molar-refractivity contribution in [3.05, 3.63) is 47.7 Å². The minimum Gasteiger partial charge on any atom is -0.490 e. The van der Waals surface area contributed by atoms with Gasteiger partial charge in [0.15, 0.2) is 11.5 Å². The molecule has 2 heteroatoms. The SMILES string of the molecule is O=C(CCCc1ccccc1)C1=CCCCO1. The van der Waals surface area contributed by atoms with Crippen LogP contribution in [0.1, 0.15) is 31.2 Å². The Bertz CT molecular complexity index is 393. The third-order valence-electron chi connectivity index (χ3n) is 2.92. The Kier molecular flexibility index (Phi) is 4.37. The van der Waals surface area contributed by atoms with Crippen LogP contribution in [0.2, 0.25) is 0 Å². The Morgan fingerprint density at radius 1 is 1.24 bits per heavy atom. The molecule has 1 heterocycles. The lowest BCUT2D eigenvalue weighted by atomic mass is 10.1. The Balaban J connectivity index is 1.75. The van der Waals surface area contributed by atoms with E-state index in [9.17, 15) is 4.79 Å². The highest BCUT2D eigenvalue weighted by Crippen LogP contribution is 2.14. The van der Waals surface area contributed by atoms with Crippen molar-refractivity contribution in [2.24, 2.45) is 0 Å². The van der Waals surface area contributed by atoms with Crippen LogP contribution in [0.3, 0.4) is 0 Å². The molecule has 0 bridgehead atoms. The van der Waals surface area contributed by atoms with Gasteiger partial charge < -0.3 is 4.74 Å². The van der Waals surface area contributed by atoms with Crippen molar-refractivity contribution in [1.82, 2.24) is 0 Å². The van der Waals surface area contributed by atoms with E-state index in [4.69, 9.17) is 4.74 Å². The van der Waals surface area contributed by atoms with Crippen molar-refractivity contribution in [2.45, 2.75) is 32.1 Å². The highest BCUT2D eigenvalue weighted by Gasteiger charge is 2.13. The lowest BCUT2D eigenvalue weighted by Gasteiger charge is -2.13. The van der Waals surface area contributed by atoms with Crippen LogP contribution < -0.4 is 0 Å². The quantitative estimate of drug-likeness (QED) is 0.776. The number of ether oxygens (including phenoxy) is 1. The van der Waals surface area contributed by atoms with E-state index in [1.807, 2.05) is 24.3 Å². The Hall–Kier alpha value is -1.57. The second kappa shape index (κ2) is 6.24. The minimum absolute atomic E-state index is 0.153. The Morgan fingerprint density at radius 3 is 2.76 bits per heavy atom. The second-order valence-corrected chi connectivity index (χ2v) is 4.32. The number of Topliss-reactive ketones (excluding diaryl/α,β-unsaturated/α-hetero) is 1. The zero-order valence-electron chi connectivity index (χ0n) is 10.0. The summed E-state index contributed by atoms with van der Waals surface area (Å²) in [7, 11) is 0. The van der Waals surface area contributed by atoms with E-state index >= 15 is 0 Å². The summed E-state index contributed by atoms with van der Waals surface area (Å²) in [6, 6.07) is 10.3. The number of allylic oxidation sites excluding steroid dienone is 2. The smallest absolute Gasteiger partial charge is 0.197 e. The number of hydrogen-bond acceptors (Lipinski definition) is 2. The van der Waals surface area contributed by atoms with Crippen molar-refractivity contribution in [2.75, 3.05) is 6.61 Å². The zero-order valence-corrected chi connectivity index (χ0v) is 10.0. The van der Waals surface area contributed by atoms with Crippen LogP contribution in [-0.4, -0.2) is 12.4 Å². The molecule has 0 amide bonds. The van der Waals surface area contributed by atoms with Crippen LogP contribution in [0.4, 0.5) is 0 Å². The first kappa shape index (κ1) is 11.9. The second-order valence-electron chi connectivity index (χ2n) is 4.32. The molecule has 1 aromatic rings. The molecule has 0 fully saturated rings. The molecule has 0 radical (unpaired) electrons. The molecule has 0 saturated carbocycles. The van der Waals surface area contributed by atoms with Crippen LogP contribution in [0, 0.1) is 0 Å². The van der Waals surface area contributed by atoms with Gasteiger partial charge in [0.05, 0.1) is 6.61 Å². The molecule has 0 spiro atoms. The van der Waals surface area contributed by atoms with Crippen LogP contribution >= 0.6 is 0 Å². The summed E-state index contributed by atoms with van der Waals surface area (Å²) in [5.74, 6) is 0.741. The van der Waals surface area contributed by atoms with Crippen LogP contribution in [-0.2, 0) is 16.0 Å². The van der Waals surface area contributed by atoms with E-state index < -0.39 is 0 Å². The van der Waals surface area contributed by atoms with Gasteiger partial charge in [0.25, 0.3) is 0 Å². The average molecular weight is 230 g/mol. The average Bonchev–Trinajstić information content (AvgIpc) is 2.41. The molecule has 90 valence electrons. The fourth-order valence-electron chi connectivity index (χ4n) is 1.97. The molecule has 0 N–H and O–H groups in total. The molecule has 2 nitrogen and oxygen atoms in total. The largest absolute Gasteiger partial charge is 0.490 e. The van der Waals surface area contributed by atoms with Gasteiger partial charge in [-0.15, -0.1) is 0 Å². The van der Waals surface area contributed by atoms with Gasteiger partial charge in [0, 0.05) is 6.42 Å². The number of hydrogen-bond donors (Lipinski definition) is 0. The maximum absolute atomic E-state index is 11.8. The van der Waals surface area contributed by atoms with Crippen molar-refractivity contribution >= 4 is 5.78 Å². The number of carbonyl (C=O) groups is 1. The highest BCUT2D eigenvalue weighted by molar-refractivity contribution is 5.93. The van der Waals surface area contributed by atoms with Crippen LogP contribution in [0.5, 0.6) is 0 Å². The number of carbonyl (C=O) groups excluding carboxylic acids is 1. The normalized spacial score (nSPS) is 14.9. The number of benzene rings is 1. The first-order valence-corrected chi connectivity index (χ1v) is 6.26. The van der Waals surface area contributed by atoms with Crippen LogP contribution in [0.15, 0.2) is 42.2 Å². The van der Waals surface area contributed by atoms with E-state index in [0.717, 1.165) is 25.7 Å².